The molecule has 1 fully saturated rings. The van der Waals surface area contributed by atoms with Crippen molar-refractivity contribution in [3.8, 4) is 0 Å². The van der Waals surface area contributed by atoms with Gasteiger partial charge in [-0.05, 0) is 44.4 Å². The molecule has 0 unspecified atom stereocenters. The molecule has 1 aliphatic heterocycles. The lowest BCUT2D eigenvalue weighted by Crippen LogP contribution is -2.37. The van der Waals surface area contributed by atoms with E-state index in [-0.39, 0.29) is 34.8 Å². The Morgan fingerprint density at radius 1 is 1.32 bits per heavy atom. The molecule has 4 heterocycles. The van der Waals surface area contributed by atoms with Gasteiger partial charge in [-0.2, -0.15) is 0 Å². The molecule has 1 atom stereocenters. The van der Waals surface area contributed by atoms with E-state index in [0.29, 0.717) is 38.4 Å². The van der Waals surface area contributed by atoms with Crippen LogP contribution in [-0.2, 0) is 16.0 Å². The molecular weight excluding hydrogens is 400 g/mol. The van der Waals surface area contributed by atoms with Gasteiger partial charge in [0.15, 0.2) is 5.65 Å². The van der Waals surface area contributed by atoms with E-state index in [1.165, 1.54) is 15.0 Å². The fourth-order valence-corrected chi connectivity index (χ4v) is 3.82. The number of hydrogen-bond donors (Lipinski definition) is 1. The number of nitrogens with zero attached hydrogens (tertiary/aromatic N) is 3. The van der Waals surface area contributed by atoms with Crippen LogP contribution in [-0.4, -0.2) is 52.3 Å². The van der Waals surface area contributed by atoms with Crippen LogP contribution >= 0.6 is 0 Å². The monoisotopic (exact) mass is 426 g/mol. The molecule has 3 aromatic rings. The molecule has 1 N–H and O–H groups in total. The number of nitrogens with one attached hydrogen (secondary N) is 1. The van der Waals surface area contributed by atoms with Gasteiger partial charge in [0.05, 0.1) is 11.5 Å². The highest BCUT2D eigenvalue weighted by Gasteiger charge is 2.21. The van der Waals surface area contributed by atoms with Crippen LogP contribution in [0.4, 0.5) is 0 Å². The van der Waals surface area contributed by atoms with Gasteiger partial charge in [-0.3, -0.25) is 23.4 Å². The lowest BCUT2D eigenvalue weighted by Gasteiger charge is -2.14. The summed E-state index contributed by atoms with van der Waals surface area (Å²) in [6.07, 6.45) is 3.95. The summed E-state index contributed by atoms with van der Waals surface area (Å²) in [5, 5.41) is 3.00. The van der Waals surface area contributed by atoms with Crippen LogP contribution in [0, 0.1) is 0 Å². The molecule has 4 rings (SSSR count). The van der Waals surface area contributed by atoms with Crippen LogP contribution in [0.25, 0.3) is 16.7 Å². The number of ether oxygens (including phenoxy) is 2. The summed E-state index contributed by atoms with van der Waals surface area (Å²) in [6, 6.07) is 6.57. The van der Waals surface area contributed by atoms with Crippen LogP contribution in [0.3, 0.4) is 0 Å². The molecular formula is C22H26N4O5. The van der Waals surface area contributed by atoms with Gasteiger partial charge >= 0.3 is 0 Å². The van der Waals surface area contributed by atoms with E-state index in [2.05, 4.69) is 10.3 Å². The topological polar surface area (TPSA) is 104 Å². The summed E-state index contributed by atoms with van der Waals surface area (Å²) in [4.78, 5) is 43.7. The van der Waals surface area contributed by atoms with Crippen molar-refractivity contribution in [1.29, 1.82) is 0 Å². The first-order valence-corrected chi connectivity index (χ1v) is 10.6. The van der Waals surface area contributed by atoms with E-state index in [1.807, 2.05) is 6.92 Å². The van der Waals surface area contributed by atoms with E-state index < -0.39 is 11.5 Å². The zero-order chi connectivity index (χ0) is 21.8. The van der Waals surface area contributed by atoms with Gasteiger partial charge in [0.1, 0.15) is 11.2 Å². The van der Waals surface area contributed by atoms with Crippen LogP contribution in [0.2, 0.25) is 0 Å². The highest BCUT2D eigenvalue weighted by molar-refractivity contribution is 5.97. The Bertz CT molecular complexity index is 1210. The maximum Gasteiger partial charge on any atom is 0.267 e. The maximum atomic E-state index is 13.2. The predicted octanol–water partition coefficient (Wildman–Crippen LogP) is 1.34. The van der Waals surface area contributed by atoms with Crippen molar-refractivity contribution in [3.05, 3.63) is 56.7 Å². The highest BCUT2D eigenvalue weighted by Crippen LogP contribution is 2.13. The number of aryl methyl sites for hydroxylation is 1. The van der Waals surface area contributed by atoms with Gasteiger partial charge in [0.2, 0.25) is 0 Å². The summed E-state index contributed by atoms with van der Waals surface area (Å²) in [6.45, 7) is 4.24. The first-order chi connectivity index (χ1) is 15.1. The van der Waals surface area contributed by atoms with E-state index in [1.54, 1.807) is 24.4 Å². The number of carbonyl (C=O) groups excluding carboxylic acids is 1. The minimum absolute atomic E-state index is 0.0472. The number of amides is 1. The standard InChI is InChI=1S/C22H26N4O5/c1-2-30-11-6-10-26-19-16(21(28)25-9-4-3-8-18(25)24-19)13-17(22(26)29)20(27)23-14-15-7-5-12-31-15/h3-4,8-9,13,15H,2,5-7,10-12,14H2,1H3,(H,23,27)/t15-/m0/s1. The van der Waals surface area contributed by atoms with Gasteiger partial charge in [0.25, 0.3) is 17.0 Å². The highest BCUT2D eigenvalue weighted by atomic mass is 16.5. The van der Waals surface area contributed by atoms with Crippen molar-refractivity contribution < 1.29 is 14.3 Å². The molecule has 3 aromatic heterocycles. The molecule has 0 aromatic carbocycles. The number of rotatable bonds is 8. The molecule has 0 bridgehead atoms. The third-order valence-electron chi connectivity index (χ3n) is 5.40. The van der Waals surface area contributed by atoms with E-state index in [4.69, 9.17) is 9.47 Å². The third-order valence-corrected chi connectivity index (χ3v) is 5.40. The second-order valence-electron chi connectivity index (χ2n) is 7.49. The Labute approximate surface area is 178 Å². The average Bonchev–Trinajstić information content (AvgIpc) is 3.30. The number of carbonyl (C=O) groups is 1. The molecule has 0 spiro atoms. The summed E-state index contributed by atoms with van der Waals surface area (Å²) in [5.74, 6) is -0.515. The number of aromatic nitrogens is 3. The molecule has 1 saturated heterocycles. The number of pyridine rings is 2. The van der Waals surface area contributed by atoms with Crippen molar-refractivity contribution in [2.75, 3.05) is 26.4 Å². The summed E-state index contributed by atoms with van der Waals surface area (Å²) in [7, 11) is 0. The van der Waals surface area contributed by atoms with Crippen LogP contribution in [0.5, 0.6) is 0 Å². The second kappa shape index (κ2) is 9.40. The number of fused-ring (bicyclic) bond motifs is 2. The smallest absolute Gasteiger partial charge is 0.267 e. The Kier molecular flexibility index (Phi) is 6.43. The third kappa shape index (κ3) is 4.38. The second-order valence-corrected chi connectivity index (χ2v) is 7.49. The Morgan fingerprint density at radius 2 is 2.19 bits per heavy atom. The Balaban J connectivity index is 1.78. The summed E-state index contributed by atoms with van der Waals surface area (Å²) >= 11 is 0. The van der Waals surface area contributed by atoms with Crippen LogP contribution in [0.1, 0.15) is 36.5 Å². The van der Waals surface area contributed by atoms with Gasteiger partial charge in [-0.25, -0.2) is 4.98 Å². The summed E-state index contributed by atoms with van der Waals surface area (Å²) < 4.78 is 13.7. The first kappa shape index (κ1) is 21.2. The molecule has 1 amide bonds. The Morgan fingerprint density at radius 3 is 2.97 bits per heavy atom. The average molecular weight is 426 g/mol. The van der Waals surface area contributed by atoms with Crippen molar-refractivity contribution >= 4 is 22.6 Å². The van der Waals surface area contributed by atoms with E-state index >= 15 is 0 Å². The molecule has 164 valence electrons. The molecule has 1 aliphatic rings. The van der Waals surface area contributed by atoms with Gasteiger partial charge < -0.3 is 14.8 Å². The summed E-state index contributed by atoms with van der Waals surface area (Å²) in [5.41, 5.74) is -0.160. The predicted molar refractivity (Wildman–Crippen MR) is 116 cm³/mol. The zero-order valence-corrected chi connectivity index (χ0v) is 17.5. The molecule has 9 heteroatoms. The quantitative estimate of drug-likeness (QED) is 0.431. The Hall–Kier alpha value is -3.04. The van der Waals surface area contributed by atoms with Gasteiger partial charge in [-0.15, -0.1) is 0 Å². The van der Waals surface area contributed by atoms with Gasteiger partial charge in [-0.1, -0.05) is 6.07 Å². The minimum Gasteiger partial charge on any atom is -0.382 e. The van der Waals surface area contributed by atoms with Gasteiger partial charge in [0, 0.05) is 39.1 Å². The van der Waals surface area contributed by atoms with Crippen LogP contribution in [0.15, 0.2) is 40.1 Å². The maximum absolute atomic E-state index is 13.2. The van der Waals surface area contributed by atoms with Crippen molar-refractivity contribution in [2.24, 2.45) is 0 Å². The molecule has 9 nitrogen and oxygen atoms in total. The minimum atomic E-state index is -0.515. The van der Waals surface area contributed by atoms with Crippen molar-refractivity contribution in [1.82, 2.24) is 19.3 Å². The van der Waals surface area contributed by atoms with E-state index in [9.17, 15) is 14.4 Å². The molecule has 31 heavy (non-hydrogen) atoms. The lowest BCUT2D eigenvalue weighted by atomic mass is 10.2. The lowest BCUT2D eigenvalue weighted by molar-refractivity contribution is 0.0856. The first-order valence-electron chi connectivity index (χ1n) is 10.6. The molecule has 0 saturated carbocycles. The normalized spacial score (nSPS) is 16.2. The number of hydrogen-bond acceptors (Lipinski definition) is 6. The van der Waals surface area contributed by atoms with Crippen molar-refractivity contribution in [2.45, 2.75) is 38.8 Å². The molecule has 0 radical (unpaired) electrons. The fourth-order valence-electron chi connectivity index (χ4n) is 3.82. The van der Waals surface area contributed by atoms with Crippen LogP contribution < -0.4 is 16.4 Å². The van der Waals surface area contributed by atoms with E-state index in [0.717, 1.165) is 12.8 Å². The SMILES string of the molecule is CCOCCCn1c(=O)c(C(=O)NC[C@@H]2CCCO2)cc2c(=O)n3ccccc3nc21. The zero-order valence-electron chi connectivity index (χ0n) is 17.5. The largest absolute Gasteiger partial charge is 0.382 e. The molecule has 0 aliphatic carbocycles. The van der Waals surface area contributed by atoms with Crippen molar-refractivity contribution in [3.63, 3.8) is 0 Å². The fraction of sp³-hybridized carbons (Fsp3) is 0.455.